The van der Waals surface area contributed by atoms with Gasteiger partial charge in [0.15, 0.2) is 0 Å². The molecule has 0 spiro atoms. The van der Waals surface area contributed by atoms with Crippen molar-refractivity contribution >= 4 is 22.9 Å². The monoisotopic (exact) mass is 370 g/mol. The molecule has 1 N–H and O–H groups in total. The molecule has 1 aromatic heterocycles. The molecule has 1 aliphatic heterocycles. The second kappa shape index (κ2) is 8.77. The number of carbonyl (C=O) groups excluding carboxylic acids is 1. The first-order valence-electron chi connectivity index (χ1n) is 10.5. The number of fused-ring (bicyclic) bond motifs is 1. The Balaban J connectivity index is 1.83. The lowest BCUT2D eigenvalue weighted by Crippen LogP contribution is -2.46. The van der Waals surface area contributed by atoms with E-state index in [1.54, 1.807) is 0 Å². The third kappa shape index (κ3) is 4.63. The molecule has 0 aliphatic carbocycles. The minimum Gasteiger partial charge on any atom is -0.353 e. The molecule has 0 bridgehead atoms. The maximum Gasteiger partial charge on any atom is 0.225 e. The van der Waals surface area contributed by atoms with Crippen molar-refractivity contribution < 1.29 is 4.79 Å². The molecule has 1 saturated heterocycles. The summed E-state index contributed by atoms with van der Waals surface area (Å²) in [5, 5.41) is 3.16. The van der Waals surface area contributed by atoms with Gasteiger partial charge in [0.2, 0.25) is 11.9 Å². The van der Waals surface area contributed by atoms with E-state index in [-0.39, 0.29) is 17.9 Å². The van der Waals surface area contributed by atoms with Crippen molar-refractivity contribution in [2.24, 2.45) is 11.8 Å². The smallest absolute Gasteiger partial charge is 0.225 e. The fraction of sp³-hybridized carbons (Fsp3) is 0.636. The average molecular weight is 371 g/mol. The van der Waals surface area contributed by atoms with Crippen LogP contribution in [0.15, 0.2) is 24.3 Å². The number of aryl methyl sites for hydroxylation is 1. The average Bonchev–Trinajstić information content (AvgIpc) is 3.05. The molecular weight excluding hydrogens is 336 g/mol. The number of nitrogens with one attached hydrogen (secondary N) is 1. The Morgan fingerprint density at radius 2 is 2.07 bits per heavy atom. The highest BCUT2D eigenvalue weighted by Crippen LogP contribution is 2.28. The minimum atomic E-state index is 0.0473. The Bertz CT molecular complexity index is 767. The van der Waals surface area contributed by atoms with E-state index in [9.17, 15) is 4.79 Å². The fourth-order valence-electron chi connectivity index (χ4n) is 3.75. The summed E-state index contributed by atoms with van der Waals surface area (Å²) in [4.78, 5) is 19.9. The van der Waals surface area contributed by atoms with Gasteiger partial charge in [-0.3, -0.25) is 4.79 Å². The first-order chi connectivity index (χ1) is 13.0. The van der Waals surface area contributed by atoms with Crippen molar-refractivity contribution in [1.29, 1.82) is 0 Å². The highest BCUT2D eigenvalue weighted by Gasteiger charge is 2.29. The standard InChI is InChI=1S/C22H34N4O/c1-5-17(4)23-21(27)18-9-8-13-25(15-18)22-24-19-10-6-7-11-20(19)26(22)14-12-16(2)3/h6-7,10-11,16-18H,5,8-9,12-15H2,1-4H3,(H,23,27)/t17-,18-/m1/s1. The van der Waals surface area contributed by atoms with Gasteiger partial charge in [-0.15, -0.1) is 0 Å². The zero-order valence-corrected chi connectivity index (χ0v) is 17.2. The third-order valence-electron chi connectivity index (χ3n) is 5.64. The minimum absolute atomic E-state index is 0.0473. The number of anilines is 1. The van der Waals surface area contributed by atoms with Crippen LogP contribution >= 0.6 is 0 Å². The van der Waals surface area contributed by atoms with Gasteiger partial charge in [-0.25, -0.2) is 4.98 Å². The number of hydrogen-bond donors (Lipinski definition) is 1. The van der Waals surface area contributed by atoms with Crippen molar-refractivity contribution in [3.05, 3.63) is 24.3 Å². The van der Waals surface area contributed by atoms with Crippen molar-refractivity contribution in [3.63, 3.8) is 0 Å². The first kappa shape index (κ1) is 19.7. The lowest BCUT2D eigenvalue weighted by Gasteiger charge is -2.33. The highest BCUT2D eigenvalue weighted by atomic mass is 16.2. The van der Waals surface area contributed by atoms with E-state index in [4.69, 9.17) is 4.98 Å². The molecule has 2 aromatic rings. The number of aromatic nitrogens is 2. The van der Waals surface area contributed by atoms with Gasteiger partial charge in [0.1, 0.15) is 0 Å². The van der Waals surface area contributed by atoms with Crippen LogP contribution in [0.3, 0.4) is 0 Å². The van der Waals surface area contributed by atoms with Crippen molar-refractivity contribution in [1.82, 2.24) is 14.9 Å². The summed E-state index contributed by atoms with van der Waals surface area (Å²) in [5.74, 6) is 1.91. The molecule has 0 saturated carbocycles. The molecule has 5 heteroatoms. The largest absolute Gasteiger partial charge is 0.353 e. The Morgan fingerprint density at radius 3 is 2.81 bits per heavy atom. The zero-order valence-electron chi connectivity index (χ0n) is 17.2. The molecule has 3 rings (SSSR count). The molecular formula is C22H34N4O. The number of para-hydroxylation sites is 2. The number of hydrogen-bond acceptors (Lipinski definition) is 3. The number of nitrogens with zero attached hydrogens (tertiary/aromatic N) is 3. The SMILES string of the molecule is CC[C@@H](C)NC(=O)[C@@H]1CCCN(c2nc3ccccc3n2CCC(C)C)C1. The number of benzene rings is 1. The van der Waals surface area contributed by atoms with Crippen molar-refractivity contribution in [2.75, 3.05) is 18.0 Å². The molecule has 5 nitrogen and oxygen atoms in total. The molecule has 148 valence electrons. The molecule has 1 aromatic carbocycles. The van der Waals surface area contributed by atoms with Crippen LogP contribution in [0, 0.1) is 11.8 Å². The predicted octanol–water partition coefficient (Wildman–Crippen LogP) is 4.21. The lowest BCUT2D eigenvalue weighted by atomic mass is 9.97. The topological polar surface area (TPSA) is 50.2 Å². The molecule has 1 aliphatic rings. The summed E-state index contributed by atoms with van der Waals surface area (Å²) in [6.45, 7) is 11.4. The lowest BCUT2D eigenvalue weighted by molar-refractivity contribution is -0.125. The van der Waals surface area contributed by atoms with E-state index in [1.807, 2.05) is 6.07 Å². The fourth-order valence-corrected chi connectivity index (χ4v) is 3.75. The number of rotatable bonds is 7. The highest BCUT2D eigenvalue weighted by molar-refractivity contribution is 5.81. The quantitative estimate of drug-likeness (QED) is 0.794. The van der Waals surface area contributed by atoms with Crippen LogP contribution in [0.5, 0.6) is 0 Å². The zero-order chi connectivity index (χ0) is 19.4. The molecule has 2 heterocycles. The van der Waals surface area contributed by atoms with Gasteiger partial charge in [-0.05, 0) is 50.7 Å². The van der Waals surface area contributed by atoms with Gasteiger partial charge in [0, 0.05) is 25.7 Å². The maximum atomic E-state index is 12.7. The Kier molecular flexibility index (Phi) is 6.40. The van der Waals surface area contributed by atoms with Crippen LogP contribution in [0.1, 0.15) is 53.4 Å². The van der Waals surface area contributed by atoms with Crippen molar-refractivity contribution in [2.45, 2.75) is 66.0 Å². The van der Waals surface area contributed by atoms with Crippen LogP contribution < -0.4 is 10.2 Å². The van der Waals surface area contributed by atoms with E-state index >= 15 is 0 Å². The van der Waals surface area contributed by atoms with Crippen LogP contribution in [-0.4, -0.2) is 34.6 Å². The predicted molar refractivity (Wildman–Crippen MR) is 112 cm³/mol. The Labute approximate surface area is 163 Å². The van der Waals surface area contributed by atoms with Gasteiger partial charge in [-0.2, -0.15) is 0 Å². The van der Waals surface area contributed by atoms with Gasteiger partial charge in [0.05, 0.1) is 17.0 Å². The maximum absolute atomic E-state index is 12.7. The summed E-state index contributed by atoms with van der Waals surface area (Å²) in [7, 11) is 0. The Morgan fingerprint density at radius 1 is 1.30 bits per heavy atom. The normalized spacial score (nSPS) is 18.9. The van der Waals surface area contributed by atoms with E-state index < -0.39 is 0 Å². The van der Waals surface area contributed by atoms with Crippen LogP contribution in [0.2, 0.25) is 0 Å². The van der Waals surface area contributed by atoms with Gasteiger partial charge in [0.25, 0.3) is 0 Å². The van der Waals surface area contributed by atoms with E-state index in [1.165, 1.54) is 5.52 Å². The number of amides is 1. The van der Waals surface area contributed by atoms with Crippen LogP contribution in [0.4, 0.5) is 5.95 Å². The molecule has 0 unspecified atom stereocenters. The van der Waals surface area contributed by atoms with Gasteiger partial charge in [-0.1, -0.05) is 32.9 Å². The van der Waals surface area contributed by atoms with E-state index in [0.717, 1.165) is 56.8 Å². The molecule has 27 heavy (non-hydrogen) atoms. The van der Waals surface area contributed by atoms with Crippen LogP contribution in [-0.2, 0) is 11.3 Å². The van der Waals surface area contributed by atoms with Gasteiger partial charge >= 0.3 is 0 Å². The summed E-state index contributed by atoms with van der Waals surface area (Å²) in [5.41, 5.74) is 2.24. The van der Waals surface area contributed by atoms with E-state index in [0.29, 0.717) is 5.92 Å². The molecule has 0 radical (unpaired) electrons. The number of imidazole rings is 1. The summed E-state index contributed by atoms with van der Waals surface area (Å²) in [6.07, 6.45) is 4.09. The van der Waals surface area contributed by atoms with Crippen LogP contribution in [0.25, 0.3) is 11.0 Å². The molecule has 1 fully saturated rings. The van der Waals surface area contributed by atoms with E-state index in [2.05, 4.69) is 60.7 Å². The van der Waals surface area contributed by atoms with Gasteiger partial charge < -0.3 is 14.8 Å². The summed E-state index contributed by atoms with van der Waals surface area (Å²) >= 11 is 0. The van der Waals surface area contributed by atoms with Crippen molar-refractivity contribution in [3.8, 4) is 0 Å². The number of piperidine rings is 1. The second-order valence-corrected chi connectivity index (χ2v) is 8.34. The summed E-state index contributed by atoms with van der Waals surface area (Å²) < 4.78 is 2.35. The number of carbonyl (C=O) groups is 1. The second-order valence-electron chi connectivity index (χ2n) is 8.34. The molecule has 2 atom stereocenters. The Hall–Kier alpha value is -2.04. The summed E-state index contributed by atoms with van der Waals surface area (Å²) in [6, 6.07) is 8.61. The molecule has 1 amide bonds. The first-order valence-corrected chi connectivity index (χ1v) is 10.5. The third-order valence-corrected chi connectivity index (χ3v) is 5.64.